The Morgan fingerprint density at radius 1 is 1.29 bits per heavy atom. The molecular weight excluding hydrogens is 274 g/mol. The molecule has 1 heterocycles. The fraction of sp³-hybridized carbons (Fsp3) is 0.429. The summed E-state index contributed by atoms with van der Waals surface area (Å²) in [6.07, 6.45) is -0.305. The summed E-state index contributed by atoms with van der Waals surface area (Å²) in [6.45, 7) is 4.48. The molecule has 0 saturated carbocycles. The molecule has 0 bridgehead atoms. The highest BCUT2D eigenvalue weighted by Gasteiger charge is 2.22. The third kappa shape index (κ3) is 3.36. The summed E-state index contributed by atoms with van der Waals surface area (Å²) in [6, 6.07) is 4.95. The lowest BCUT2D eigenvalue weighted by Gasteiger charge is -2.35. The maximum atomic E-state index is 11.6. The van der Waals surface area contributed by atoms with Crippen LogP contribution in [0.4, 0.5) is 16.2 Å². The zero-order valence-corrected chi connectivity index (χ0v) is 11.9. The molecule has 0 atom stereocenters. The van der Waals surface area contributed by atoms with Crippen LogP contribution in [0.2, 0.25) is 0 Å². The maximum Gasteiger partial charge on any atom is 0.409 e. The lowest BCUT2D eigenvalue weighted by Crippen LogP contribution is -2.49. The van der Waals surface area contributed by atoms with E-state index in [2.05, 4.69) is 0 Å². The second-order valence-electron chi connectivity index (χ2n) is 4.75. The van der Waals surface area contributed by atoms with Gasteiger partial charge in [-0.25, -0.2) is 9.59 Å². The largest absolute Gasteiger partial charge is 0.478 e. The molecule has 0 aliphatic carbocycles. The van der Waals surface area contributed by atoms with Crippen molar-refractivity contribution in [1.29, 1.82) is 0 Å². The Labute approximate surface area is 122 Å². The summed E-state index contributed by atoms with van der Waals surface area (Å²) in [5.41, 5.74) is 6.79. The van der Waals surface area contributed by atoms with E-state index >= 15 is 0 Å². The van der Waals surface area contributed by atoms with Crippen LogP contribution in [0.25, 0.3) is 0 Å². The Hall–Kier alpha value is -2.44. The minimum absolute atomic E-state index is 0.0975. The minimum Gasteiger partial charge on any atom is -0.478 e. The predicted molar refractivity (Wildman–Crippen MR) is 78.6 cm³/mol. The van der Waals surface area contributed by atoms with E-state index < -0.39 is 5.97 Å². The molecule has 0 spiro atoms. The van der Waals surface area contributed by atoms with Crippen LogP contribution in [0, 0.1) is 0 Å². The summed E-state index contributed by atoms with van der Waals surface area (Å²) in [5, 5.41) is 9.09. The van der Waals surface area contributed by atoms with Gasteiger partial charge in [-0.3, -0.25) is 0 Å². The third-order valence-electron chi connectivity index (χ3n) is 3.44. The number of hydrogen-bond donors (Lipinski definition) is 2. The fourth-order valence-electron chi connectivity index (χ4n) is 2.29. The standard InChI is InChI=1S/C14H19N3O4/c1-2-21-14(20)17-7-5-16(6-8-17)10-3-4-12(15)11(9-10)13(18)19/h3-4,9H,2,5-8,15H2,1H3,(H,18,19). The van der Waals surface area contributed by atoms with E-state index in [0.717, 1.165) is 5.69 Å². The summed E-state index contributed by atoms with van der Waals surface area (Å²) >= 11 is 0. The van der Waals surface area contributed by atoms with E-state index in [1.807, 2.05) is 4.90 Å². The van der Waals surface area contributed by atoms with Crippen LogP contribution >= 0.6 is 0 Å². The molecule has 1 saturated heterocycles. The molecule has 1 aliphatic heterocycles. The highest BCUT2D eigenvalue weighted by molar-refractivity contribution is 5.94. The fourth-order valence-corrected chi connectivity index (χ4v) is 2.29. The van der Waals surface area contributed by atoms with E-state index in [1.54, 1.807) is 30.0 Å². The van der Waals surface area contributed by atoms with Gasteiger partial charge in [-0.1, -0.05) is 0 Å². The number of carboxylic acid groups (broad SMARTS) is 1. The zero-order chi connectivity index (χ0) is 15.4. The molecule has 1 aliphatic rings. The molecule has 1 aromatic carbocycles. The molecule has 114 valence electrons. The Bertz CT molecular complexity index is 539. The number of piperazine rings is 1. The number of carbonyl (C=O) groups excluding carboxylic acids is 1. The van der Waals surface area contributed by atoms with Gasteiger partial charge in [0.05, 0.1) is 12.2 Å². The molecule has 0 unspecified atom stereocenters. The number of hydrogen-bond acceptors (Lipinski definition) is 5. The molecular formula is C14H19N3O4. The smallest absolute Gasteiger partial charge is 0.409 e. The first-order valence-corrected chi connectivity index (χ1v) is 6.82. The topological polar surface area (TPSA) is 96.1 Å². The van der Waals surface area contributed by atoms with Gasteiger partial charge in [0.25, 0.3) is 0 Å². The summed E-state index contributed by atoms with van der Waals surface area (Å²) < 4.78 is 4.96. The molecule has 1 amide bonds. The van der Waals surface area contributed by atoms with Crippen LogP contribution in [-0.4, -0.2) is 54.9 Å². The Morgan fingerprint density at radius 2 is 1.95 bits per heavy atom. The van der Waals surface area contributed by atoms with Crippen molar-refractivity contribution in [2.75, 3.05) is 43.4 Å². The molecule has 1 fully saturated rings. The van der Waals surface area contributed by atoms with Gasteiger partial charge in [-0.2, -0.15) is 0 Å². The normalized spacial score (nSPS) is 14.9. The van der Waals surface area contributed by atoms with Crippen LogP contribution in [0.15, 0.2) is 18.2 Å². The predicted octanol–water partition coefficient (Wildman–Crippen LogP) is 1.25. The average Bonchev–Trinajstić information content (AvgIpc) is 2.48. The van der Waals surface area contributed by atoms with Crippen molar-refractivity contribution in [3.05, 3.63) is 23.8 Å². The highest BCUT2D eigenvalue weighted by atomic mass is 16.6. The number of amides is 1. The van der Waals surface area contributed by atoms with E-state index in [0.29, 0.717) is 32.8 Å². The molecule has 0 aromatic heterocycles. The minimum atomic E-state index is -1.04. The molecule has 7 nitrogen and oxygen atoms in total. The van der Waals surface area contributed by atoms with Gasteiger partial charge < -0.3 is 25.4 Å². The van der Waals surface area contributed by atoms with Gasteiger partial charge >= 0.3 is 12.1 Å². The molecule has 21 heavy (non-hydrogen) atoms. The number of carboxylic acids is 1. The first-order chi connectivity index (χ1) is 10.0. The summed E-state index contributed by atoms with van der Waals surface area (Å²) in [7, 11) is 0. The van der Waals surface area contributed by atoms with E-state index in [1.165, 1.54) is 0 Å². The van der Waals surface area contributed by atoms with E-state index in [-0.39, 0.29) is 17.3 Å². The van der Waals surface area contributed by atoms with E-state index in [4.69, 9.17) is 15.6 Å². The lowest BCUT2D eigenvalue weighted by atomic mass is 10.1. The Morgan fingerprint density at radius 3 is 2.52 bits per heavy atom. The number of nitrogens with zero attached hydrogens (tertiary/aromatic N) is 2. The molecule has 1 aromatic rings. The number of ether oxygens (including phenoxy) is 1. The summed E-state index contributed by atoms with van der Waals surface area (Å²) in [4.78, 5) is 26.4. The van der Waals surface area contributed by atoms with Crippen molar-refractivity contribution in [3.8, 4) is 0 Å². The number of nitrogens with two attached hydrogens (primary N) is 1. The van der Waals surface area contributed by atoms with Crippen molar-refractivity contribution in [3.63, 3.8) is 0 Å². The van der Waals surface area contributed by atoms with Gasteiger partial charge in [0.1, 0.15) is 0 Å². The number of nitrogen functional groups attached to an aromatic ring is 1. The maximum absolute atomic E-state index is 11.6. The van der Waals surface area contributed by atoms with Crippen LogP contribution in [-0.2, 0) is 4.74 Å². The quantitative estimate of drug-likeness (QED) is 0.814. The number of anilines is 2. The third-order valence-corrected chi connectivity index (χ3v) is 3.44. The molecule has 3 N–H and O–H groups in total. The van der Waals surface area contributed by atoms with Crippen molar-refractivity contribution in [2.45, 2.75) is 6.92 Å². The SMILES string of the molecule is CCOC(=O)N1CCN(c2ccc(N)c(C(=O)O)c2)CC1. The molecule has 0 radical (unpaired) electrons. The van der Waals surface area contributed by atoms with Gasteiger partial charge in [-0.15, -0.1) is 0 Å². The summed E-state index contributed by atoms with van der Waals surface area (Å²) in [5.74, 6) is -1.04. The number of carbonyl (C=O) groups is 2. The van der Waals surface area contributed by atoms with Crippen LogP contribution in [0.3, 0.4) is 0 Å². The van der Waals surface area contributed by atoms with Crippen LogP contribution in [0.1, 0.15) is 17.3 Å². The van der Waals surface area contributed by atoms with Gasteiger partial charge in [0, 0.05) is 37.6 Å². The van der Waals surface area contributed by atoms with E-state index in [9.17, 15) is 9.59 Å². The number of rotatable bonds is 3. The van der Waals surface area contributed by atoms with Crippen molar-refractivity contribution in [2.24, 2.45) is 0 Å². The average molecular weight is 293 g/mol. The zero-order valence-electron chi connectivity index (χ0n) is 11.9. The van der Waals surface area contributed by atoms with Gasteiger partial charge in [0.15, 0.2) is 0 Å². The first-order valence-electron chi connectivity index (χ1n) is 6.82. The number of aromatic carboxylic acids is 1. The van der Waals surface area contributed by atoms with Crippen molar-refractivity contribution < 1.29 is 19.4 Å². The Kier molecular flexibility index (Phi) is 4.52. The molecule has 2 rings (SSSR count). The second-order valence-corrected chi connectivity index (χ2v) is 4.75. The lowest BCUT2D eigenvalue weighted by molar-refractivity contribution is 0.0698. The monoisotopic (exact) mass is 293 g/mol. The second kappa shape index (κ2) is 6.34. The number of benzene rings is 1. The van der Waals surface area contributed by atoms with Crippen LogP contribution < -0.4 is 10.6 Å². The molecule has 7 heteroatoms. The highest BCUT2D eigenvalue weighted by Crippen LogP contribution is 2.22. The van der Waals surface area contributed by atoms with Gasteiger partial charge in [-0.05, 0) is 25.1 Å². The van der Waals surface area contributed by atoms with Crippen molar-refractivity contribution >= 4 is 23.4 Å². The van der Waals surface area contributed by atoms with Gasteiger partial charge in [0.2, 0.25) is 0 Å². The Balaban J connectivity index is 2.04. The van der Waals surface area contributed by atoms with Crippen molar-refractivity contribution in [1.82, 2.24) is 4.90 Å². The first kappa shape index (κ1) is 15.0. The van der Waals surface area contributed by atoms with Crippen LogP contribution in [0.5, 0.6) is 0 Å².